The van der Waals surface area contributed by atoms with Crippen LogP contribution < -0.4 is 5.32 Å². The molecule has 1 unspecified atom stereocenters. The van der Waals surface area contributed by atoms with Crippen LogP contribution in [0.2, 0.25) is 0 Å². The second kappa shape index (κ2) is 9.65. The maximum atomic E-state index is 13.7. The third-order valence-corrected chi connectivity index (χ3v) is 5.74. The summed E-state index contributed by atoms with van der Waals surface area (Å²) in [6, 6.07) is 28.3. The summed E-state index contributed by atoms with van der Waals surface area (Å²) in [4.78, 5) is 18.7. The minimum absolute atomic E-state index is 0.0607. The molecular weight excluding hydrogens is 394 g/mol. The molecule has 0 aliphatic rings. The lowest BCUT2D eigenvalue weighted by Gasteiger charge is -2.19. The fourth-order valence-corrected chi connectivity index (χ4v) is 4.13. The van der Waals surface area contributed by atoms with Crippen molar-refractivity contribution in [3.63, 3.8) is 0 Å². The van der Waals surface area contributed by atoms with E-state index in [1.807, 2.05) is 65.2 Å². The molecule has 32 heavy (non-hydrogen) atoms. The lowest BCUT2D eigenvalue weighted by atomic mass is 10.0. The second-order valence-electron chi connectivity index (χ2n) is 7.96. The molecule has 1 aromatic heterocycles. The van der Waals surface area contributed by atoms with Gasteiger partial charge >= 0.3 is 0 Å². The van der Waals surface area contributed by atoms with Crippen molar-refractivity contribution in [1.82, 2.24) is 14.9 Å². The van der Waals surface area contributed by atoms with Crippen molar-refractivity contribution < 1.29 is 4.79 Å². The Morgan fingerprint density at radius 3 is 2.19 bits per heavy atom. The fraction of sp³-hybridized carbons (Fsp3) is 0.214. The molecule has 1 heterocycles. The first kappa shape index (κ1) is 21.6. The van der Waals surface area contributed by atoms with E-state index in [1.165, 1.54) is 0 Å². The van der Waals surface area contributed by atoms with E-state index in [2.05, 4.69) is 50.4 Å². The van der Waals surface area contributed by atoms with E-state index in [0.29, 0.717) is 12.2 Å². The summed E-state index contributed by atoms with van der Waals surface area (Å²) in [7, 11) is 0. The van der Waals surface area contributed by atoms with Gasteiger partial charge in [-0.05, 0) is 31.9 Å². The van der Waals surface area contributed by atoms with E-state index in [0.717, 1.165) is 40.2 Å². The number of aromatic nitrogens is 2. The first-order valence-corrected chi connectivity index (χ1v) is 11.2. The number of imidazole rings is 1. The fourth-order valence-electron chi connectivity index (χ4n) is 4.13. The zero-order valence-electron chi connectivity index (χ0n) is 18.9. The molecule has 3 aromatic carbocycles. The van der Waals surface area contributed by atoms with Gasteiger partial charge in [0, 0.05) is 17.7 Å². The van der Waals surface area contributed by atoms with Gasteiger partial charge in [0.1, 0.15) is 17.2 Å². The third kappa shape index (κ3) is 4.35. The van der Waals surface area contributed by atoms with Crippen molar-refractivity contribution in [2.45, 2.75) is 39.8 Å². The number of nitrogens with one attached hydrogen (secondary N) is 1. The van der Waals surface area contributed by atoms with Gasteiger partial charge in [0.25, 0.3) is 5.91 Å². The van der Waals surface area contributed by atoms with Gasteiger partial charge in [-0.25, -0.2) is 4.98 Å². The second-order valence-corrected chi connectivity index (χ2v) is 7.96. The van der Waals surface area contributed by atoms with Crippen LogP contribution in [-0.2, 0) is 6.54 Å². The molecule has 0 radical (unpaired) electrons. The zero-order chi connectivity index (χ0) is 22.5. The molecule has 0 saturated heterocycles. The average molecular weight is 424 g/mol. The quantitative estimate of drug-likeness (QED) is 0.372. The summed E-state index contributed by atoms with van der Waals surface area (Å²) >= 11 is 0. The molecule has 4 heteroatoms. The smallest absolute Gasteiger partial charge is 0.270 e. The van der Waals surface area contributed by atoms with Crippen LogP contribution in [0.4, 0.5) is 0 Å². The highest BCUT2D eigenvalue weighted by atomic mass is 16.2. The predicted octanol–water partition coefficient (Wildman–Crippen LogP) is 6.43. The van der Waals surface area contributed by atoms with Crippen molar-refractivity contribution in [2.24, 2.45) is 0 Å². The molecule has 162 valence electrons. The minimum Gasteiger partial charge on any atom is -0.344 e. The maximum Gasteiger partial charge on any atom is 0.270 e. The Hall–Kier alpha value is -3.66. The normalized spacial score (nSPS) is 11.8. The number of rotatable bonds is 7. The Bertz CT molecular complexity index is 1200. The van der Waals surface area contributed by atoms with Crippen LogP contribution in [0.3, 0.4) is 0 Å². The van der Waals surface area contributed by atoms with Gasteiger partial charge < -0.3 is 9.88 Å². The number of amides is 1. The Kier molecular flexibility index (Phi) is 6.50. The van der Waals surface area contributed by atoms with E-state index < -0.39 is 0 Å². The van der Waals surface area contributed by atoms with Crippen molar-refractivity contribution in [3.8, 4) is 22.6 Å². The standard InChI is InChI=1S/C28H29N3O/c1-4-24(21-14-8-6-9-15-21)29-28(32)26-25(23-18-12-13-20(3)19-23)30-27(31(26)5-2)22-16-10-7-11-17-22/h6-19,24H,4-5H2,1-3H3,(H,29,32). The Balaban J connectivity index is 1.83. The van der Waals surface area contributed by atoms with Crippen molar-refractivity contribution in [2.75, 3.05) is 0 Å². The molecular formula is C28H29N3O. The van der Waals surface area contributed by atoms with Crippen LogP contribution in [-0.4, -0.2) is 15.5 Å². The molecule has 0 aliphatic heterocycles. The topological polar surface area (TPSA) is 46.9 Å². The van der Waals surface area contributed by atoms with Crippen LogP contribution in [0.5, 0.6) is 0 Å². The van der Waals surface area contributed by atoms with Gasteiger partial charge in [0.2, 0.25) is 0 Å². The Morgan fingerprint density at radius 2 is 1.56 bits per heavy atom. The van der Waals surface area contributed by atoms with Crippen molar-refractivity contribution in [3.05, 3.63) is 102 Å². The number of hydrogen-bond donors (Lipinski definition) is 1. The highest BCUT2D eigenvalue weighted by molar-refractivity contribution is 5.99. The number of benzene rings is 3. The summed E-state index contributed by atoms with van der Waals surface area (Å²) in [5, 5.41) is 3.26. The number of aryl methyl sites for hydroxylation is 1. The summed E-state index contributed by atoms with van der Waals surface area (Å²) in [5.41, 5.74) is 5.51. The minimum atomic E-state index is -0.103. The van der Waals surface area contributed by atoms with Gasteiger partial charge in [-0.2, -0.15) is 0 Å². The monoisotopic (exact) mass is 423 g/mol. The molecule has 0 aliphatic carbocycles. The van der Waals surface area contributed by atoms with Crippen LogP contribution >= 0.6 is 0 Å². The predicted molar refractivity (Wildman–Crippen MR) is 130 cm³/mol. The van der Waals surface area contributed by atoms with Crippen LogP contribution in [0.15, 0.2) is 84.9 Å². The molecule has 4 rings (SSSR count). The lowest BCUT2D eigenvalue weighted by Crippen LogP contribution is -2.30. The molecule has 1 amide bonds. The van der Waals surface area contributed by atoms with Gasteiger partial charge in [-0.15, -0.1) is 0 Å². The highest BCUT2D eigenvalue weighted by Gasteiger charge is 2.26. The average Bonchev–Trinajstić information content (AvgIpc) is 3.23. The number of nitrogens with zero attached hydrogens (tertiary/aromatic N) is 2. The molecule has 0 saturated carbocycles. The first-order valence-electron chi connectivity index (χ1n) is 11.2. The van der Waals surface area contributed by atoms with Crippen LogP contribution in [0.25, 0.3) is 22.6 Å². The van der Waals surface area contributed by atoms with Crippen molar-refractivity contribution in [1.29, 1.82) is 0 Å². The van der Waals surface area contributed by atoms with E-state index in [9.17, 15) is 4.79 Å². The molecule has 1 N–H and O–H groups in total. The number of carbonyl (C=O) groups is 1. The first-order chi connectivity index (χ1) is 15.6. The molecule has 1 atom stereocenters. The summed E-state index contributed by atoms with van der Waals surface area (Å²) < 4.78 is 2.03. The van der Waals surface area contributed by atoms with Crippen molar-refractivity contribution >= 4 is 5.91 Å². The van der Waals surface area contributed by atoms with Gasteiger partial charge in [-0.3, -0.25) is 4.79 Å². The third-order valence-electron chi connectivity index (χ3n) is 5.74. The largest absolute Gasteiger partial charge is 0.344 e. The van der Waals surface area contributed by atoms with E-state index in [4.69, 9.17) is 4.98 Å². The Labute approximate surface area is 190 Å². The van der Waals surface area contributed by atoms with E-state index in [1.54, 1.807) is 0 Å². The zero-order valence-corrected chi connectivity index (χ0v) is 18.9. The lowest BCUT2D eigenvalue weighted by molar-refractivity contribution is 0.0927. The summed E-state index contributed by atoms with van der Waals surface area (Å²) in [6.45, 7) is 6.85. The number of carbonyl (C=O) groups excluding carboxylic acids is 1. The van der Waals surface area contributed by atoms with Gasteiger partial charge in [0.05, 0.1) is 6.04 Å². The molecule has 0 fully saturated rings. The van der Waals surface area contributed by atoms with Crippen LogP contribution in [0.1, 0.15) is 47.9 Å². The molecule has 4 nitrogen and oxygen atoms in total. The number of hydrogen-bond acceptors (Lipinski definition) is 2. The summed E-state index contributed by atoms with van der Waals surface area (Å²) in [5.74, 6) is 0.705. The highest BCUT2D eigenvalue weighted by Crippen LogP contribution is 2.31. The molecule has 4 aromatic rings. The molecule has 0 spiro atoms. The van der Waals surface area contributed by atoms with Gasteiger partial charge in [0.15, 0.2) is 0 Å². The Morgan fingerprint density at radius 1 is 0.906 bits per heavy atom. The summed E-state index contributed by atoms with van der Waals surface area (Å²) in [6.07, 6.45) is 0.807. The SMILES string of the molecule is CCC(NC(=O)c1c(-c2cccc(C)c2)nc(-c2ccccc2)n1CC)c1ccccc1. The van der Waals surface area contributed by atoms with Gasteiger partial charge in [-0.1, -0.05) is 91.3 Å². The molecule has 0 bridgehead atoms. The van der Waals surface area contributed by atoms with E-state index >= 15 is 0 Å². The maximum absolute atomic E-state index is 13.7. The van der Waals surface area contributed by atoms with Crippen LogP contribution in [0, 0.1) is 6.92 Å². The van der Waals surface area contributed by atoms with E-state index in [-0.39, 0.29) is 11.9 Å².